The summed E-state index contributed by atoms with van der Waals surface area (Å²) >= 11 is 0. The number of benzene rings is 1. The van der Waals surface area contributed by atoms with Crippen LogP contribution in [0.15, 0.2) is 48.8 Å². The van der Waals surface area contributed by atoms with Crippen LogP contribution in [-0.4, -0.2) is 45.9 Å². The van der Waals surface area contributed by atoms with Crippen LogP contribution in [0.5, 0.6) is 5.88 Å². The van der Waals surface area contributed by atoms with Crippen LogP contribution in [0.1, 0.15) is 18.4 Å². The lowest BCUT2D eigenvalue weighted by Crippen LogP contribution is -2.25. The van der Waals surface area contributed by atoms with E-state index in [1.165, 1.54) is 31.5 Å². The molecule has 5 heteroatoms. The predicted octanol–water partition coefficient (Wildman–Crippen LogP) is 2.95. The van der Waals surface area contributed by atoms with E-state index in [9.17, 15) is 0 Å². The van der Waals surface area contributed by atoms with Crippen molar-refractivity contribution in [3.8, 4) is 5.88 Å². The highest BCUT2D eigenvalue weighted by atomic mass is 16.5. The van der Waals surface area contributed by atoms with Gasteiger partial charge in [0.1, 0.15) is 6.61 Å². The van der Waals surface area contributed by atoms with Crippen molar-refractivity contribution in [3.05, 3.63) is 54.4 Å². The van der Waals surface area contributed by atoms with Gasteiger partial charge in [0.25, 0.3) is 0 Å². The van der Waals surface area contributed by atoms with Crippen molar-refractivity contribution in [1.29, 1.82) is 0 Å². The summed E-state index contributed by atoms with van der Waals surface area (Å²) < 4.78 is 8.02. The van der Waals surface area contributed by atoms with Gasteiger partial charge in [0, 0.05) is 18.9 Å². The molecule has 0 radical (unpaired) electrons. The molecule has 3 heterocycles. The molecule has 1 fully saturated rings. The molecule has 0 unspecified atom stereocenters. The number of hydrogen-bond acceptors (Lipinski definition) is 4. The van der Waals surface area contributed by atoms with E-state index in [2.05, 4.69) is 22.0 Å². The zero-order valence-electron chi connectivity index (χ0n) is 13.8. The Labute approximate surface area is 141 Å². The van der Waals surface area contributed by atoms with Crippen molar-refractivity contribution in [2.45, 2.75) is 19.4 Å². The maximum atomic E-state index is 6.01. The van der Waals surface area contributed by atoms with Crippen LogP contribution in [0.2, 0.25) is 0 Å². The molecule has 24 heavy (non-hydrogen) atoms. The van der Waals surface area contributed by atoms with E-state index in [0.717, 1.165) is 29.9 Å². The maximum absolute atomic E-state index is 6.01. The number of nitrogens with zero attached hydrogens (tertiary/aromatic N) is 4. The zero-order chi connectivity index (χ0) is 16.2. The van der Waals surface area contributed by atoms with Crippen molar-refractivity contribution in [3.63, 3.8) is 0 Å². The van der Waals surface area contributed by atoms with Gasteiger partial charge in [-0.3, -0.25) is 14.6 Å². The lowest BCUT2D eigenvalue weighted by atomic mass is 10.2. The van der Waals surface area contributed by atoms with Gasteiger partial charge in [-0.2, -0.15) is 0 Å². The molecule has 2 aromatic heterocycles. The van der Waals surface area contributed by atoms with Crippen molar-refractivity contribution < 1.29 is 4.74 Å². The quantitative estimate of drug-likeness (QED) is 0.700. The lowest BCUT2D eigenvalue weighted by Gasteiger charge is -2.13. The van der Waals surface area contributed by atoms with Crippen LogP contribution in [0, 0.1) is 0 Å². The third kappa shape index (κ3) is 3.26. The molecule has 0 bridgehead atoms. The van der Waals surface area contributed by atoms with E-state index >= 15 is 0 Å². The first-order chi connectivity index (χ1) is 11.9. The molecule has 0 saturated carbocycles. The Hall–Kier alpha value is -2.40. The number of pyridine rings is 1. The summed E-state index contributed by atoms with van der Waals surface area (Å²) in [4.78, 5) is 6.53. The molecule has 0 N–H and O–H groups in total. The number of hydrogen-bond donors (Lipinski definition) is 0. The minimum Gasteiger partial charge on any atom is -0.475 e. The standard InChI is InChI=1S/C19H22N4O/c1-2-6-18-17(5-1)19(24-14-13-22-11-3-4-12-22)21-23(18)15-16-7-9-20-10-8-16/h1-2,5-10H,3-4,11-15H2. The van der Waals surface area contributed by atoms with Gasteiger partial charge in [-0.05, 0) is 55.8 Å². The second-order valence-corrected chi connectivity index (χ2v) is 6.23. The number of para-hydroxylation sites is 1. The van der Waals surface area contributed by atoms with Gasteiger partial charge in [0.05, 0.1) is 17.4 Å². The molecule has 124 valence electrons. The molecule has 0 aliphatic carbocycles. The van der Waals surface area contributed by atoms with Crippen molar-refractivity contribution in [2.24, 2.45) is 0 Å². The highest BCUT2D eigenvalue weighted by molar-refractivity contribution is 5.84. The van der Waals surface area contributed by atoms with E-state index in [0.29, 0.717) is 6.61 Å². The van der Waals surface area contributed by atoms with Gasteiger partial charge in [0.15, 0.2) is 0 Å². The van der Waals surface area contributed by atoms with Gasteiger partial charge in [-0.25, -0.2) is 0 Å². The zero-order valence-corrected chi connectivity index (χ0v) is 13.8. The molecule has 1 aliphatic heterocycles. The van der Waals surface area contributed by atoms with Crippen LogP contribution >= 0.6 is 0 Å². The van der Waals surface area contributed by atoms with E-state index in [1.807, 2.05) is 41.3 Å². The molecule has 5 nitrogen and oxygen atoms in total. The van der Waals surface area contributed by atoms with Crippen molar-refractivity contribution in [1.82, 2.24) is 19.7 Å². The van der Waals surface area contributed by atoms with Crippen LogP contribution in [0.25, 0.3) is 10.9 Å². The average molecular weight is 322 g/mol. The van der Waals surface area contributed by atoms with Gasteiger partial charge >= 0.3 is 0 Å². The number of aromatic nitrogens is 3. The van der Waals surface area contributed by atoms with Crippen molar-refractivity contribution in [2.75, 3.05) is 26.2 Å². The number of ether oxygens (including phenoxy) is 1. The second-order valence-electron chi connectivity index (χ2n) is 6.23. The number of likely N-dealkylation sites (tertiary alicyclic amines) is 1. The highest BCUT2D eigenvalue weighted by Crippen LogP contribution is 2.25. The first kappa shape index (κ1) is 15.1. The summed E-state index contributed by atoms with van der Waals surface area (Å²) in [6.07, 6.45) is 6.25. The highest BCUT2D eigenvalue weighted by Gasteiger charge is 2.14. The average Bonchev–Trinajstić information content (AvgIpc) is 3.25. The van der Waals surface area contributed by atoms with Crippen LogP contribution in [0.3, 0.4) is 0 Å². The molecule has 1 saturated heterocycles. The Morgan fingerprint density at radius 1 is 1.00 bits per heavy atom. The third-order valence-electron chi connectivity index (χ3n) is 4.55. The molecule has 0 atom stereocenters. The smallest absolute Gasteiger partial charge is 0.240 e. The molecule has 3 aromatic rings. The molecule has 4 rings (SSSR count). The summed E-state index contributed by atoms with van der Waals surface area (Å²) in [6.45, 7) is 4.78. The van der Waals surface area contributed by atoms with Crippen LogP contribution in [-0.2, 0) is 6.54 Å². The topological polar surface area (TPSA) is 43.2 Å². The van der Waals surface area contributed by atoms with E-state index < -0.39 is 0 Å². The summed E-state index contributed by atoms with van der Waals surface area (Å²) in [5.41, 5.74) is 2.28. The normalized spacial score (nSPS) is 15.2. The van der Waals surface area contributed by atoms with Crippen molar-refractivity contribution >= 4 is 10.9 Å². The van der Waals surface area contributed by atoms with Gasteiger partial charge in [-0.15, -0.1) is 5.10 Å². The minimum absolute atomic E-state index is 0.691. The fourth-order valence-corrected chi connectivity index (χ4v) is 3.26. The monoisotopic (exact) mass is 322 g/mol. The first-order valence-corrected chi connectivity index (χ1v) is 8.60. The number of rotatable bonds is 6. The summed E-state index contributed by atoms with van der Waals surface area (Å²) in [7, 11) is 0. The Morgan fingerprint density at radius 3 is 2.62 bits per heavy atom. The van der Waals surface area contributed by atoms with E-state index in [-0.39, 0.29) is 0 Å². The SMILES string of the molecule is c1ccc2c(c1)c(OCCN1CCCC1)nn2Cc1ccncc1. The Bertz CT molecular complexity index is 793. The second kappa shape index (κ2) is 7.01. The van der Waals surface area contributed by atoms with Crippen LogP contribution < -0.4 is 4.74 Å². The lowest BCUT2D eigenvalue weighted by molar-refractivity contribution is 0.232. The third-order valence-corrected chi connectivity index (χ3v) is 4.55. The summed E-state index contributed by atoms with van der Waals surface area (Å²) in [5, 5.41) is 5.78. The molecule has 0 spiro atoms. The van der Waals surface area contributed by atoms with Gasteiger partial charge in [0.2, 0.25) is 5.88 Å². The first-order valence-electron chi connectivity index (χ1n) is 8.60. The van der Waals surface area contributed by atoms with E-state index in [4.69, 9.17) is 9.84 Å². The maximum Gasteiger partial charge on any atom is 0.240 e. The Balaban J connectivity index is 1.52. The largest absolute Gasteiger partial charge is 0.475 e. The van der Waals surface area contributed by atoms with Crippen LogP contribution in [0.4, 0.5) is 0 Å². The minimum atomic E-state index is 0.691. The molecule has 1 aromatic carbocycles. The fraction of sp³-hybridized carbons (Fsp3) is 0.368. The molecule has 0 amide bonds. The van der Waals surface area contributed by atoms with Gasteiger partial charge in [-0.1, -0.05) is 12.1 Å². The summed E-state index contributed by atoms with van der Waals surface area (Å²) in [5.74, 6) is 0.735. The Kier molecular flexibility index (Phi) is 4.42. The molecule has 1 aliphatic rings. The Morgan fingerprint density at radius 2 is 1.79 bits per heavy atom. The van der Waals surface area contributed by atoms with Gasteiger partial charge < -0.3 is 4.74 Å². The predicted molar refractivity (Wildman–Crippen MR) is 94.2 cm³/mol. The molecular formula is C19H22N4O. The number of fused-ring (bicyclic) bond motifs is 1. The van der Waals surface area contributed by atoms with E-state index in [1.54, 1.807) is 0 Å². The summed E-state index contributed by atoms with van der Waals surface area (Å²) in [6, 6.07) is 12.3. The molecular weight excluding hydrogens is 300 g/mol. The fourth-order valence-electron chi connectivity index (χ4n) is 3.26.